The Balaban J connectivity index is 2.57. The van der Waals surface area contributed by atoms with Crippen LogP contribution >= 0.6 is 12.2 Å². The second-order valence-corrected chi connectivity index (χ2v) is 3.65. The molecule has 15 heavy (non-hydrogen) atoms. The summed E-state index contributed by atoms with van der Waals surface area (Å²) < 4.78 is 4.99. The van der Waals surface area contributed by atoms with Gasteiger partial charge >= 0.3 is 5.97 Å². The van der Waals surface area contributed by atoms with Crippen LogP contribution in [0.1, 0.15) is 21.7 Å². The first-order valence-electron chi connectivity index (χ1n) is 4.63. The molecule has 0 radical (unpaired) electrons. The summed E-state index contributed by atoms with van der Waals surface area (Å²) in [6.45, 7) is 1.52. The van der Waals surface area contributed by atoms with Crippen LogP contribution in [0.2, 0.25) is 0 Å². The highest BCUT2D eigenvalue weighted by atomic mass is 32.1. The molecule has 6 heteroatoms. The quantitative estimate of drug-likeness (QED) is 0.540. The fourth-order valence-corrected chi connectivity index (χ4v) is 1.87. The van der Waals surface area contributed by atoms with Crippen LogP contribution < -0.4 is 5.32 Å². The Kier molecular flexibility index (Phi) is 2.79. The van der Waals surface area contributed by atoms with Crippen molar-refractivity contribution in [3.8, 4) is 0 Å². The van der Waals surface area contributed by atoms with Gasteiger partial charge in [0.05, 0.1) is 7.11 Å². The van der Waals surface area contributed by atoms with E-state index in [9.17, 15) is 4.79 Å². The number of H-pyrrole nitrogens is 1. The van der Waals surface area contributed by atoms with Gasteiger partial charge in [0.1, 0.15) is 0 Å². The number of rotatable bonds is 1. The predicted molar refractivity (Wildman–Crippen MR) is 56.2 cm³/mol. The number of esters is 1. The molecule has 2 heterocycles. The third-order valence-electron chi connectivity index (χ3n) is 2.35. The van der Waals surface area contributed by atoms with Crippen molar-refractivity contribution in [1.82, 2.24) is 15.3 Å². The van der Waals surface area contributed by atoms with Crippen molar-refractivity contribution in [2.24, 2.45) is 0 Å². The first-order chi connectivity index (χ1) is 7.22. The van der Waals surface area contributed by atoms with Crippen molar-refractivity contribution in [3.05, 3.63) is 21.7 Å². The van der Waals surface area contributed by atoms with E-state index in [2.05, 4.69) is 20.0 Å². The monoisotopic (exact) mass is 225 g/mol. The minimum Gasteiger partial charge on any atom is -0.464 e. The summed E-state index contributed by atoms with van der Waals surface area (Å²) in [6.07, 6.45) is 0.763. The standard InChI is InChI=1S/C9H11N3O2S/c1-14-8(13)7-5-2-3-10-4-6(5)11-9(15)12-7/h10H,2-4H2,1H3,(H,11,12,15). The highest BCUT2D eigenvalue weighted by Gasteiger charge is 2.20. The predicted octanol–water partition coefficient (Wildman–Crippen LogP) is 0.571. The molecule has 2 N–H and O–H groups in total. The lowest BCUT2D eigenvalue weighted by molar-refractivity contribution is 0.0591. The molecule has 0 bridgehead atoms. The van der Waals surface area contributed by atoms with Crippen LogP contribution in [-0.4, -0.2) is 29.6 Å². The minimum absolute atomic E-state index is 0.317. The number of ether oxygens (including phenoxy) is 1. The molecule has 0 aliphatic carbocycles. The lowest BCUT2D eigenvalue weighted by Gasteiger charge is -2.18. The number of carbonyl (C=O) groups excluding carboxylic acids is 1. The van der Waals surface area contributed by atoms with Gasteiger partial charge in [0.25, 0.3) is 0 Å². The minimum atomic E-state index is -0.423. The van der Waals surface area contributed by atoms with E-state index in [4.69, 9.17) is 12.2 Å². The van der Waals surface area contributed by atoms with Gasteiger partial charge in [0.2, 0.25) is 0 Å². The Labute approximate surface area is 91.9 Å². The molecule has 1 aromatic rings. The number of methoxy groups -OCH3 is 1. The number of nitrogens with one attached hydrogen (secondary N) is 2. The fourth-order valence-electron chi connectivity index (χ4n) is 1.66. The summed E-state index contributed by atoms with van der Waals surface area (Å²) in [5.41, 5.74) is 2.19. The van der Waals surface area contributed by atoms with E-state index in [1.165, 1.54) is 7.11 Å². The van der Waals surface area contributed by atoms with Crippen molar-refractivity contribution in [2.75, 3.05) is 13.7 Å². The molecule has 2 rings (SSSR count). The number of fused-ring (bicyclic) bond motifs is 1. The molecule has 0 saturated carbocycles. The Hall–Kier alpha value is -1.27. The van der Waals surface area contributed by atoms with Crippen LogP contribution in [-0.2, 0) is 17.7 Å². The van der Waals surface area contributed by atoms with Crippen molar-refractivity contribution in [2.45, 2.75) is 13.0 Å². The Bertz CT molecular complexity index is 455. The molecule has 0 spiro atoms. The van der Waals surface area contributed by atoms with Gasteiger partial charge in [-0.25, -0.2) is 9.78 Å². The maximum atomic E-state index is 11.5. The highest BCUT2D eigenvalue weighted by Crippen LogP contribution is 2.15. The van der Waals surface area contributed by atoms with Gasteiger partial charge in [0, 0.05) is 17.8 Å². The second-order valence-electron chi connectivity index (χ2n) is 3.27. The zero-order valence-electron chi connectivity index (χ0n) is 8.29. The average molecular weight is 225 g/mol. The van der Waals surface area contributed by atoms with E-state index in [1.54, 1.807) is 0 Å². The van der Waals surface area contributed by atoms with E-state index >= 15 is 0 Å². The summed E-state index contributed by atoms with van der Waals surface area (Å²) >= 11 is 4.95. The summed E-state index contributed by atoms with van der Waals surface area (Å²) in [5, 5.41) is 3.19. The molecule has 0 amide bonds. The molecule has 1 aliphatic heterocycles. The van der Waals surface area contributed by atoms with Crippen LogP contribution in [0, 0.1) is 4.77 Å². The maximum absolute atomic E-state index is 11.5. The SMILES string of the molecule is COC(=O)c1nc(=S)[nH]c2c1CCNC2. The molecule has 0 unspecified atom stereocenters. The number of hydrogen-bond donors (Lipinski definition) is 2. The van der Waals surface area contributed by atoms with E-state index in [0.717, 1.165) is 24.2 Å². The number of aromatic nitrogens is 2. The third kappa shape index (κ3) is 1.91. The molecule has 0 fully saturated rings. The number of nitrogens with zero attached hydrogens (tertiary/aromatic N) is 1. The van der Waals surface area contributed by atoms with Crippen molar-refractivity contribution >= 4 is 18.2 Å². The normalized spacial score (nSPS) is 14.5. The first-order valence-corrected chi connectivity index (χ1v) is 5.04. The van der Waals surface area contributed by atoms with Gasteiger partial charge in [-0.3, -0.25) is 0 Å². The summed E-state index contributed by atoms with van der Waals surface area (Å²) in [5.74, 6) is -0.423. The summed E-state index contributed by atoms with van der Waals surface area (Å²) in [7, 11) is 1.34. The van der Waals surface area contributed by atoms with E-state index < -0.39 is 5.97 Å². The third-order valence-corrected chi connectivity index (χ3v) is 2.55. The van der Waals surface area contributed by atoms with Crippen LogP contribution in [0.25, 0.3) is 0 Å². The van der Waals surface area contributed by atoms with Gasteiger partial charge in [-0.05, 0) is 25.2 Å². The summed E-state index contributed by atoms with van der Waals surface area (Å²) in [4.78, 5) is 18.5. The molecule has 0 aromatic carbocycles. The lowest BCUT2D eigenvalue weighted by atomic mass is 10.0. The lowest BCUT2D eigenvalue weighted by Crippen LogP contribution is -2.27. The zero-order valence-corrected chi connectivity index (χ0v) is 9.11. The molecule has 80 valence electrons. The maximum Gasteiger partial charge on any atom is 0.357 e. The first kappa shape index (κ1) is 10.3. The van der Waals surface area contributed by atoms with Crippen molar-refractivity contribution < 1.29 is 9.53 Å². The molecule has 0 atom stereocenters. The van der Waals surface area contributed by atoms with Gasteiger partial charge in [-0.15, -0.1) is 0 Å². The highest BCUT2D eigenvalue weighted by molar-refractivity contribution is 7.71. The van der Waals surface area contributed by atoms with Gasteiger partial charge in [0.15, 0.2) is 10.5 Å². The molecule has 0 saturated heterocycles. The molecule has 5 nitrogen and oxygen atoms in total. The number of carbonyl (C=O) groups is 1. The van der Waals surface area contributed by atoms with Gasteiger partial charge in [-0.2, -0.15) is 0 Å². The van der Waals surface area contributed by atoms with Gasteiger partial charge in [-0.1, -0.05) is 0 Å². The zero-order chi connectivity index (χ0) is 10.8. The number of hydrogen-bond acceptors (Lipinski definition) is 5. The van der Waals surface area contributed by atoms with E-state index in [-0.39, 0.29) is 0 Å². The van der Waals surface area contributed by atoms with Crippen LogP contribution in [0.3, 0.4) is 0 Å². The van der Waals surface area contributed by atoms with Gasteiger partial charge < -0.3 is 15.0 Å². The average Bonchev–Trinajstić information content (AvgIpc) is 2.26. The second kappa shape index (κ2) is 4.08. The van der Waals surface area contributed by atoms with Crippen LogP contribution in [0.5, 0.6) is 0 Å². The van der Waals surface area contributed by atoms with E-state index in [0.29, 0.717) is 17.0 Å². The molecular formula is C9H11N3O2S. The summed E-state index contributed by atoms with van der Waals surface area (Å²) in [6, 6.07) is 0. The molecule has 1 aliphatic rings. The smallest absolute Gasteiger partial charge is 0.357 e. The van der Waals surface area contributed by atoms with Crippen LogP contribution in [0.4, 0.5) is 0 Å². The topological polar surface area (TPSA) is 67.0 Å². The Morgan fingerprint density at radius 2 is 2.40 bits per heavy atom. The van der Waals surface area contributed by atoms with E-state index in [1.807, 2.05) is 0 Å². The fraction of sp³-hybridized carbons (Fsp3) is 0.444. The Morgan fingerprint density at radius 1 is 1.60 bits per heavy atom. The van der Waals surface area contributed by atoms with Crippen molar-refractivity contribution in [3.63, 3.8) is 0 Å². The van der Waals surface area contributed by atoms with Crippen LogP contribution in [0.15, 0.2) is 0 Å². The van der Waals surface area contributed by atoms with Crippen molar-refractivity contribution in [1.29, 1.82) is 0 Å². The number of aromatic amines is 1. The largest absolute Gasteiger partial charge is 0.464 e. The molecule has 1 aromatic heterocycles. The molecular weight excluding hydrogens is 214 g/mol. The Morgan fingerprint density at radius 3 is 3.13 bits per heavy atom.